The van der Waals surface area contributed by atoms with Gasteiger partial charge >= 0.3 is 0 Å². The first-order valence-electron chi connectivity index (χ1n) is 17.0. The second kappa shape index (κ2) is 12.5. The summed E-state index contributed by atoms with van der Waals surface area (Å²) in [4.78, 5) is 15.3. The minimum absolute atomic E-state index is 0.615. The lowest BCUT2D eigenvalue weighted by molar-refractivity contribution is 0.670. The quantitative estimate of drug-likeness (QED) is 0.183. The molecular formula is C45H33N3O. The third-order valence-electron chi connectivity index (χ3n) is 9.54. The molecule has 9 rings (SSSR count). The largest absolute Gasteiger partial charge is 0.455 e. The average Bonchev–Trinajstić information content (AvgIpc) is 3.58. The van der Waals surface area contributed by atoms with Crippen LogP contribution < -0.4 is 0 Å². The third kappa shape index (κ3) is 5.51. The Morgan fingerprint density at radius 1 is 0.429 bits per heavy atom. The molecule has 0 unspecified atom stereocenters. The van der Waals surface area contributed by atoms with Gasteiger partial charge in [0.1, 0.15) is 11.2 Å². The normalized spacial score (nSPS) is 13.1. The van der Waals surface area contributed by atoms with E-state index in [-0.39, 0.29) is 0 Å². The number of benzene rings is 6. The Morgan fingerprint density at radius 2 is 1.00 bits per heavy atom. The molecule has 0 aliphatic heterocycles. The molecule has 1 aliphatic carbocycles. The minimum Gasteiger partial charge on any atom is -0.455 e. The lowest BCUT2D eigenvalue weighted by Crippen LogP contribution is -2.00. The molecule has 2 heterocycles. The van der Waals surface area contributed by atoms with Crippen LogP contribution in [-0.4, -0.2) is 15.0 Å². The third-order valence-corrected chi connectivity index (χ3v) is 9.54. The number of aromatic nitrogens is 3. The molecule has 6 aromatic carbocycles. The number of allylic oxidation sites excluding steroid dienone is 2. The standard InChI is InChI=1S/C45H33N3O/c1-4-12-30(13-5-1)32-22-26-35(27-23-32)43-46-44(36-28-24-33(25-29-36)31-14-6-2-7-15-31)48-45(47-43)39-20-11-21-40-41(39)38-19-10-18-37(42(38)49-40)34-16-8-3-9-17-34/h1,3-5,8-14,16-29H,2,6-7,15H2. The molecule has 0 radical (unpaired) electrons. The Labute approximate surface area is 285 Å². The molecule has 0 bridgehead atoms. The van der Waals surface area contributed by atoms with Crippen molar-refractivity contribution in [1.29, 1.82) is 0 Å². The predicted molar refractivity (Wildman–Crippen MR) is 201 cm³/mol. The molecule has 49 heavy (non-hydrogen) atoms. The van der Waals surface area contributed by atoms with E-state index in [1.807, 2.05) is 24.3 Å². The van der Waals surface area contributed by atoms with Crippen molar-refractivity contribution in [2.45, 2.75) is 25.7 Å². The fourth-order valence-electron chi connectivity index (χ4n) is 7.01. The van der Waals surface area contributed by atoms with Crippen molar-refractivity contribution >= 4 is 27.5 Å². The van der Waals surface area contributed by atoms with Gasteiger partial charge in [-0.25, -0.2) is 15.0 Å². The number of hydrogen-bond acceptors (Lipinski definition) is 4. The molecule has 0 atom stereocenters. The van der Waals surface area contributed by atoms with Gasteiger partial charge in [-0.3, -0.25) is 0 Å². The Bertz CT molecular complexity index is 2460. The molecule has 0 fully saturated rings. The smallest absolute Gasteiger partial charge is 0.164 e. The molecule has 0 saturated heterocycles. The number of rotatable bonds is 6. The maximum atomic E-state index is 6.58. The van der Waals surface area contributed by atoms with E-state index in [9.17, 15) is 0 Å². The summed E-state index contributed by atoms with van der Waals surface area (Å²) >= 11 is 0. The minimum atomic E-state index is 0.615. The van der Waals surface area contributed by atoms with Crippen LogP contribution in [0.15, 0.2) is 156 Å². The van der Waals surface area contributed by atoms with Gasteiger partial charge in [-0.05, 0) is 59.6 Å². The number of fused-ring (bicyclic) bond motifs is 3. The topological polar surface area (TPSA) is 51.8 Å². The summed E-state index contributed by atoms with van der Waals surface area (Å²) in [6.07, 6.45) is 7.19. The highest BCUT2D eigenvalue weighted by Crippen LogP contribution is 2.40. The van der Waals surface area contributed by atoms with E-state index in [1.165, 1.54) is 29.5 Å². The Morgan fingerprint density at radius 3 is 1.67 bits per heavy atom. The van der Waals surface area contributed by atoms with Gasteiger partial charge in [0, 0.05) is 33.0 Å². The Balaban J connectivity index is 1.21. The molecule has 4 heteroatoms. The van der Waals surface area contributed by atoms with Crippen LogP contribution in [0.25, 0.3) is 83.9 Å². The van der Waals surface area contributed by atoms with Crippen LogP contribution >= 0.6 is 0 Å². The highest BCUT2D eigenvalue weighted by atomic mass is 16.3. The fraction of sp³-hybridized carbons (Fsp3) is 0.0889. The van der Waals surface area contributed by atoms with Crippen LogP contribution in [0.5, 0.6) is 0 Å². The first kappa shape index (κ1) is 29.0. The van der Waals surface area contributed by atoms with E-state index in [4.69, 9.17) is 19.4 Å². The van der Waals surface area contributed by atoms with Crippen molar-refractivity contribution in [1.82, 2.24) is 15.0 Å². The number of hydrogen-bond donors (Lipinski definition) is 0. The van der Waals surface area contributed by atoms with Crippen LogP contribution in [0.4, 0.5) is 0 Å². The maximum Gasteiger partial charge on any atom is 0.164 e. The predicted octanol–water partition coefficient (Wildman–Crippen LogP) is 12.1. The van der Waals surface area contributed by atoms with E-state index in [1.54, 1.807) is 0 Å². The Kier molecular flexibility index (Phi) is 7.39. The summed E-state index contributed by atoms with van der Waals surface area (Å²) in [6.45, 7) is 0. The second-order valence-corrected chi connectivity index (χ2v) is 12.6. The van der Waals surface area contributed by atoms with Crippen molar-refractivity contribution in [3.8, 4) is 56.4 Å². The van der Waals surface area contributed by atoms with E-state index in [0.717, 1.165) is 68.2 Å². The summed E-state index contributed by atoms with van der Waals surface area (Å²) in [5.74, 6) is 1.89. The van der Waals surface area contributed by atoms with E-state index in [0.29, 0.717) is 17.5 Å². The number of para-hydroxylation sites is 1. The van der Waals surface area contributed by atoms with E-state index < -0.39 is 0 Å². The van der Waals surface area contributed by atoms with Crippen molar-refractivity contribution < 1.29 is 4.42 Å². The number of furan rings is 1. The zero-order chi connectivity index (χ0) is 32.6. The van der Waals surface area contributed by atoms with E-state index >= 15 is 0 Å². The molecule has 2 aromatic heterocycles. The lowest BCUT2D eigenvalue weighted by Gasteiger charge is -2.13. The summed E-state index contributed by atoms with van der Waals surface area (Å²) in [5.41, 5.74) is 11.7. The van der Waals surface area contributed by atoms with Gasteiger partial charge in [-0.2, -0.15) is 0 Å². The van der Waals surface area contributed by atoms with Gasteiger partial charge in [-0.1, -0.05) is 146 Å². The fourth-order valence-corrected chi connectivity index (χ4v) is 7.01. The van der Waals surface area contributed by atoms with Gasteiger partial charge in [0.15, 0.2) is 17.5 Å². The average molecular weight is 632 g/mol. The zero-order valence-corrected chi connectivity index (χ0v) is 27.0. The molecule has 4 nitrogen and oxygen atoms in total. The van der Waals surface area contributed by atoms with Crippen molar-refractivity contribution in [3.63, 3.8) is 0 Å². The highest BCUT2D eigenvalue weighted by Gasteiger charge is 2.19. The molecular weight excluding hydrogens is 599 g/mol. The van der Waals surface area contributed by atoms with Crippen LogP contribution in [0, 0.1) is 0 Å². The van der Waals surface area contributed by atoms with Gasteiger partial charge in [0.2, 0.25) is 0 Å². The zero-order valence-electron chi connectivity index (χ0n) is 27.0. The summed E-state index contributed by atoms with van der Waals surface area (Å²) < 4.78 is 6.58. The van der Waals surface area contributed by atoms with E-state index in [2.05, 4.69) is 127 Å². The first-order valence-corrected chi connectivity index (χ1v) is 17.0. The van der Waals surface area contributed by atoms with Crippen LogP contribution in [0.1, 0.15) is 31.2 Å². The van der Waals surface area contributed by atoms with Crippen molar-refractivity contribution in [2.24, 2.45) is 0 Å². The van der Waals surface area contributed by atoms with Crippen LogP contribution in [-0.2, 0) is 0 Å². The lowest BCUT2D eigenvalue weighted by atomic mass is 9.93. The summed E-state index contributed by atoms with van der Waals surface area (Å²) in [5, 5.41) is 2.03. The molecule has 234 valence electrons. The molecule has 0 spiro atoms. The van der Waals surface area contributed by atoms with Crippen LogP contribution in [0.2, 0.25) is 0 Å². The monoisotopic (exact) mass is 631 g/mol. The molecule has 8 aromatic rings. The van der Waals surface area contributed by atoms with Crippen molar-refractivity contribution in [3.05, 3.63) is 157 Å². The maximum absolute atomic E-state index is 6.58. The van der Waals surface area contributed by atoms with Gasteiger partial charge in [0.25, 0.3) is 0 Å². The molecule has 1 aliphatic rings. The summed E-state index contributed by atoms with van der Waals surface area (Å²) in [6, 6.07) is 50.4. The first-order chi connectivity index (χ1) is 24.3. The Hall–Kier alpha value is -6.13. The SMILES string of the molecule is C1=C(c2ccc(-c3nc(-c4ccc(-c5ccccc5)cc4)nc(-c4cccc5oc6c(-c7ccccc7)cccc6c45)n3)cc2)CCCC1. The van der Waals surface area contributed by atoms with Gasteiger partial charge in [0.05, 0.1) is 0 Å². The molecule has 0 amide bonds. The van der Waals surface area contributed by atoms with Gasteiger partial charge < -0.3 is 4.42 Å². The second-order valence-electron chi connectivity index (χ2n) is 12.6. The van der Waals surface area contributed by atoms with Gasteiger partial charge in [-0.15, -0.1) is 0 Å². The highest BCUT2D eigenvalue weighted by molar-refractivity contribution is 6.15. The molecule has 0 saturated carbocycles. The van der Waals surface area contributed by atoms with Crippen LogP contribution in [0.3, 0.4) is 0 Å². The number of nitrogens with zero attached hydrogens (tertiary/aromatic N) is 3. The molecule has 0 N–H and O–H groups in total. The summed E-state index contributed by atoms with van der Waals surface area (Å²) in [7, 11) is 0. The van der Waals surface area contributed by atoms with Crippen molar-refractivity contribution in [2.75, 3.05) is 0 Å².